The highest BCUT2D eigenvalue weighted by Crippen LogP contribution is 2.20. The molecule has 104 valence electrons. The summed E-state index contributed by atoms with van der Waals surface area (Å²) in [6.45, 7) is 2.77. The molecule has 0 fully saturated rings. The Morgan fingerprint density at radius 3 is 2.45 bits per heavy atom. The zero-order chi connectivity index (χ0) is 14.4. The van der Waals surface area contributed by atoms with Gasteiger partial charge in [-0.2, -0.15) is 0 Å². The maximum Gasteiger partial charge on any atom is 0.252 e. The summed E-state index contributed by atoms with van der Waals surface area (Å²) < 4.78 is 0. The normalized spacial score (nSPS) is 11.9. The first-order valence-corrected chi connectivity index (χ1v) is 7.91. The van der Waals surface area contributed by atoms with Crippen LogP contribution in [0.4, 0.5) is 0 Å². The molecular weight excluding hydrogens is 266 g/mol. The van der Waals surface area contributed by atoms with Gasteiger partial charge in [-0.05, 0) is 29.9 Å². The van der Waals surface area contributed by atoms with Crippen molar-refractivity contribution >= 4 is 17.7 Å². The Kier molecular flexibility index (Phi) is 5.24. The minimum absolute atomic E-state index is 0.00210. The molecule has 1 atom stereocenters. The molecule has 0 aromatic heterocycles. The third-order valence-electron chi connectivity index (χ3n) is 3.29. The number of benzene rings is 2. The van der Waals surface area contributed by atoms with Crippen molar-refractivity contribution < 1.29 is 4.79 Å². The first-order chi connectivity index (χ1) is 9.72. The van der Waals surface area contributed by atoms with Crippen LogP contribution < -0.4 is 5.32 Å². The Morgan fingerprint density at radius 2 is 1.75 bits per heavy atom. The molecule has 0 heterocycles. The van der Waals surface area contributed by atoms with Crippen LogP contribution in [0, 0.1) is 0 Å². The van der Waals surface area contributed by atoms with Crippen molar-refractivity contribution in [3.63, 3.8) is 0 Å². The van der Waals surface area contributed by atoms with Crippen molar-refractivity contribution in [2.45, 2.75) is 17.7 Å². The van der Waals surface area contributed by atoms with Crippen LogP contribution in [-0.2, 0) is 0 Å². The first kappa shape index (κ1) is 14.7. The number of thioether (sulfide) groups is 1. The fraction of sp³-hybridized carbons (Fsp3) is 0.235. The second-order valence-corrected chi connectivity index (χ2v) is 5.57. The van der Waals surface area contributed by atoms with E-state index < -0.39 is 0 Å². The smallest absolute Gasteiger partial charge is 0.252 e. The van der Waals surface area contributed by atoms with Gasteiger partial charge in [-0.15, -0.1) is 11.8 Å². The van der Waals surface area contributed by atoms with Gasteiger partial charge >= 0.3 is 0 Å². The van der Waals surface area contributed by atoms with E-state index in [4.69, 9.17) is 0 Å². The number of rotatable bonds is 5. The average molecular weight is 285 g/mol. The molecule has 0 saturated carbocycles. The van der Waals surface area contributed by atoms with Crippen LogP contribution in [0.3, 0.4) is 0 Å². The van der Waals surface area contributed by atoms with Gasteiger partial charge in [0.15, 0.2) is 0 Å². The predicted molar refractivity (Wildman–Crippen MR) is 85.4 cm³/mol. The summed E-state index contributed by atoms with van der Waals surface area (Å²) in [6.07, 6.45) is 1.98. The maximum atomic E-state index is 12.2. The van der Waals surface area contributed by atoms with Gasteiger partial charge in [0.2, 0.25) is 0 Å². The van der Waals surface area contributed by atoms with E-state index in [0.29, 0.717) is 12.5 Å². The first-order valence-electron chi connectivity index (χ1n) is 6.68. The summed E-state index contributed by atoms with van der Waals surface area (Å²) in [6, 6.07) is 17.9. The Bertz CT molecular complexity index is 568. The van der Waals surface area contributed by atoms with Gasteiger partial charge in [0, 0.05) is 11.4 Å². The van der Waals surface area contributed by atoms with E-state index >= 15 is 0 Å². The number of nitrogens with one attached hydrogen (secondary N) is 1. The van der Waals surface area contributed by atoms with E-state index in [2.05, 4.69) is 24.4 Å². The van der Waals surface area contributed by atoms with E-state index in [1.807, 2.05) is 48.7 Å². The fourth-order valence-corrected chi connectivity index (χ4v) is 2.67. The molecule has 0 unspecified atom stereocenters. The summed E-state index contributed by atoms with van der Waals surface area (Å²) in [4.78, 5) is 13.2. The molecule has 0 aliphatic carbocycles. The lowest BCUT2D eigenvalue weighted by atomic mass is 10.0. The topological polar surface area (TPSA) is 29.1 Å². The Balaban J connectivity index is 1.99. The van der Waals surface area contributed by atoms with Gasteiger partial charge < -0.3 is 5.32 Å². The van der Waals surface area contributed by atoms with Crippen molar-refractivity contribution in [3.05, 3.63) is 65.7 Å². The summed E-state index contributed by atoms with van der Waals surface area (Å²) in [5.41, 5.74) is 1.99. The average Bonchev–Trinajstić information content (AvgIpc) is 2.53. The lowest BCUT2D eigenvalue weighted by Gasteiger charge is -2.14. The second-order valence-electron chi connectivity index (χ2n) is 4.72. The summed E-state index contributed by atoms with van der Waals surface area (Å²) in [5, 5.41) is 3.02. The molecule has 2 nitrogen and oxygen atoms in total. The van der Waals surface area contributed by atoms with E-state index in [0.717, 1.165) is 10.5 Å². The molecular formula is C17H19NOS. The molecule has 0 radical (unpaired) electrons. The number of hydrogen-bond acceptors (Lipinski definition) is 2. The van der Waals surface area contributed by atoms with Gasteiger partial charge in [-0.25, -0.2) is 0 Å². The number of amides is 1. The molecule has 0 aliphatic rings. The van der Waals surface area contributed by atoms with Gasteiger partial charge in [-0.1, -0.05) is 49.4 Å². The van der Waals surface area contributed by atoms with Crippen LogP contribution in [-0.4, -0.2) is 18.7 Å². The van der Waals surface area contributed by atoms with Crippen molar-refractivity contribution in [2.24, 2.45) is 0 Å². The van der Waals surface area contributed by atoms with E-state index in [1.165, 1.54) is 5.56 Å². The van der Waals surface area contributed by atoms with Gasteiger partial charge in [0.1, 0.15) is 0 Å². The zero-order valence-corrected chi connectivity index (χ0v) is 12.6. The highest BCUT2D eigenvalue weighted by Gasteiger charge is 2.12. The molecule has 1 amide bonds. The van der Waals surface area contributed by atoms with Crippen LogP contribution in [0.2, 0.25) is 0 Å². The zero-order valence-electron chi connectivity index (χ0n) is 11.8. The monoisotopic (exact) mass is 285 g/mol. The second kappa shape index (κ2) is 7.15. The summed E-state index contributed by atoms with van der Waals surface area (Å²) >= 11 is 1.59. The van der Waals surface area contributed by atoms with Crippen molar-refractivity contribution in [1.29, 1.82) is 0 Å². The molecule has 2 aromatic carbocycles. The minimum Gasteiger partial charge on any atom is -0.351 e. The minimum atomic E-state index is -0.00210. The number of carbonyl (C=O) groups excluding carboxylic acids is 1. The maximum absolute atomic E-state index is 12.2. The fourth-order valence-electron chi connectivity index (χ4n) is 2.07. The molecule has 0 aliphatic heterocycles. The third-order valence-corrected chi connectivity index (χ3v) is 4.08. The van der Waals surface area contributed by atoms with E-state index in [1.54, 1.807) is 11.8 Å². The largest absolute Gasteiger partial charge is 0.351 e. The number of hydrogen-bond donors (Lipinski definition) is 1. The Hall–Kier alpha value is -1.74. The molecule has 3 heteroatoms. The van der Waals surface area contributed by atoms with Crippen molar-refractivity contribution in [2.75, 3.05) is 12.8 Å². The van der Waals surface area contributed by atoms with E-state index in [9.17, 15) is 4.79 Å². The summed E-state index contributed by atoms with van der Waals surface area (Å²) in [5.74, 6) is 0.305. The number of carbonyl (C=O) groups is 1. The highest BCUT2D eigenvalue weighted by molar-refractivity contribution is 7.98. The molecule has 1 N–H and O–H groups in total. The summed E-state index contributed by atoms with van der Waals surface area (Å²) in [7, 11) is 0. The molecule has 0 spiro atoms. The van der Waals surface area contributed by atoms with Crippen molar-refractivity contribution in [1.82, 2.24) is 5.32 Å². The molecule has 0 bridgehead atoms. The third kappa shape index (κ3) is 3.64. The quantitative estimate of drug-likeness (QED) is 0.843. The van der Waals surface area contributed by atoms with Crippen LogP contribution in [0.1, 0.15) is 28.8 Å². The molecule has 0 saturated heterocycles. The van der Waals surface area contributed by atoms with Crippen LogP contribution in [0.5, 0.6) is 0 Å². The van der Waals surface area contributed by atoms with E-state index in [-0.39, 0.29) is 5.91 Å². The van der Waals surface area contributed by atoms with Crippen LogP contribution in [0.25, 0.3) is 0 Å². The van der Waals surface area contributed by atoms with Crippen LogP contribution >= 0.6 is 11.8 Å². The lowest BCUT2D eigenvalue weighted by molar-refractivity contribution is 0.0949. The van der Waals surface area contributed by atoms with Crippen molar-refractivity contribution in [3.8, 4) is 0 Å². The molecule has 20 heavy (non-hydrogen) atoms. The Morgan fingerprint density at radius 1 is 1.10 bits per heavy atom. The van der Waals surface area contributed by atoms with Gasteiger partial charge in [0.25, 0.3) is 5.91 Å². The highest BCUT2D eigenvalue weighted by atomic mass is 32.2. The Labute approximate surface area is 124 Å². The van der Waals surface area contributed by atoms with Gasteiger partial charge in [-0.3, -0.25) is 4.79 Å². The molecule has 2 aromatic rings. The molecule has 2 rings (SSSR count). The van der Waals surface area contributed by atoms with Gasteiger partial charge in [0.05, 0.1) is 5.56 Å². The lowest BCUT2D eigenvalue weighted by Crippen LogP contribution is -2.27. The predicted octanol–water partition coefficient (Wildman–Crippen LogP) is 3.94. The standard InChI is InChI=1S/C17H19NOS/c1-13(14-8-4-3-5-9-14)12-18-17(19)15-10-6-7-11-16(15)20-2/h3-11,13H,12H2,1-2H3,(H,18,19)/t13-/m0/s1. The SMILES string of the molecule is CSc1ccccc1C(=O)NC[C@H](C)c1ccccc1. The van der Waals surface area contributed by atoms with Crippen LogP contribution in [0.15, 0.2) is 59.5 Å².